The number of carbonyl (C=O) groups is 2. The average Bonchev–Trinajstić information content (AvgIpc) is 3.18. The molecule has 9 nitrogen and oxygen atoms in total. The van der Waals surface area contributed by atoms with E-state index in [1.807, 2.05) is 0 Å². The molecule has 0 atom stereocenters. The van der Waals surface area contributed by atoms with Crippen molar-refractivity contribution < 1.29 is 37.3 Å². The van der Waals surface area contributed by atoms with Crippen LogP contribution in [0.15, 0.2) is 36.4 Å². The summed E-state index contributed by atoms with van der Waals surface area (Å²) >= 11 is 0. The fourth-order valence-electron chi connectivity index (χ4n) is 3.08. The number of fused-ring (bicyclic) bond motifs is 1. The van der Waals surface area contributed by atoms with E-state index in [0.29, 0.717) is 15.8 Å². The van der Waals surface area contributed by atoms with E-state index in [1.165, 1.54) is 39.5 Å². The number of rotatable bonds is 9. The van der Waals surface area contributed by atoms with Crippen LogP contribution in [0.4, 0.5) is 8.78 Å². The number of halogens is 2. The topological polar surface area (TPSA) is 101 Å². The minimum Gasteiger partial charge on any atom is -0.493 e. The van der Waals surface area contributed by atoms with Crippen molar-refractivity contribution in [3.8, 4) is 17.2 Å². The molecular formula is C21H21F2N3O6. The molecule has 170 valence electrons. The van der Waals surface area contributed by atoms with Crippen LogP contribution in [0.1, 0.15) is 22.7 Å². The van der Waals surface area contributed by atoms with E-state index in [1.54, 1.807) is 18.2 Å². The Labute approximate surface area is 181 Å². The molecule has 0 radical (unpaired) electrons. The third-order valence-electron chi connectivity index (χ3n) is 4.55. The summed E-state index contributed by atoms with van der Waals surface area (Å²) in [4.78, 5) is 28.6. The zero-order valence-electron chi connectivity index (χ0n) is 17.6. The number of amides is 1. The number of esters is 1. The lowest BCUT2D eigenvalue weighted by molar-refractivity contribution is -0.144. The molecule has 0 aliphatic rings. The molecule has 0 bridgehead atoms. The van der Waals surface area contributed by atoms with Crippen LogP contribution in [0.2, 0.25) is 0 Å². The van der Waals surface area contributed by atoms with Crippen LogP contribution in [0, 0.1) is 0 Å². The van der Waals surface area contributed by atoms with Crippen LogP contribution >= 0.6 is 0 Å². The molecule has 1 N–H and O–H groups in total. The minimum atomic E-state index is -2.85. The molecule has 2 aromatic carbocycles. The van der Waals surface area contributed by atoms with Crippen molar-refractivity contribution in [2.75, 3.05) is 27.9 Å². The van der Waals surface area contributed by atoms with Gasteiger partial charge in [-0.3, -0.25) is 14.2 Å². The average molecular weight is 449 g/mol. The zero-order chi connectivity index (χ0) is 23.3. The number of imidazole rings is 1. The maximum absolute atomic E-state index is 13.4. The van der Waals surface area contributed by atoms with Crippen molar-refractivity contribution in [2.45, 2.75) is 13.2 Å². The van der Waals surface area contributed by atoms with Crippen molar-refractivity contribution in [1.29, 1.82) is 0 Å². The number of carbonyl (C=O) groups excluding carboxylic acids is 2. The Morgan fingerprint density at radius 2 is 1.72 bits per heavy atom. The van der Waals surface area contributed by atoms with Gasteiger partial charge in [-0.2, -0.15) is 8.78 Å². The molecule has 3 aromatic rings. The summed E-state index contributed by atoms with van der Waals surface area (Å²) < 4.78 is 48.2. The Morgan fingerprint density at radius 3 is 2.31 bits per heavy atom. The van der Waals surface area contributed by atoms with E-state index in [9.17, 15) is 18.4 Å². The first-order valence-corrected chi connectivity index (χ1v) is 9.37. The van der Waals surface area contributed by atoms with E-state index >= 15 is 0 Å². The SMILES string of the molecule is COc1cc(C(=O)NCC(=O)OCc2nc3ccccc3n2C(F)F)cc(OC)c1OC. The molecule has 1 amide bonds. The zero-order valence-corrected chi connectivity index (χ0v) is 17.6. The van der Waals surface area contributed by atoms with E-state index in [2.05, 4.69) is 10.3 Å². The molecule has 0 saturated carbocycles. The van der Waals surface area contributed by atoms with Gasteiger partial charge < -0.3 is 24.3 Å². The second kappa shape index (κ2) is 9.94. The Bertz CT molecular complexity index is 1110. The van der Waals surface area contributed by atoms with Gasteiger partial charge in [-0.05, 0) is 24.3 Å². The predicted octanol–water partition coefficient (Wildman–Crippen LogP) is 2.93. The highest BCUT2D eigenvalue weighted by Gasteiger charge is 2.20. The van der Waals surface area contributed by atoms with Crippen molar-refractivity contribution >= 4 is 22.9 Å². The minimum absolute atomic E-state index is 0.106. The van der Waals surface area contributed by atoms with Crippen molar-refractivity contribution in [3.05, 3.63) is 47.8 Å². The smallest absolute Gasteiger partial charge is 0.325 e. The number of methoxy groups -OCH3 is 3. The van der Waals surface area contributed by atoms with Gasteiger partial charge in [-0.1, -0.05) is 12.1 Å². The molecule has 0 fully saturated rings. The van der Waals surface area contributed by atoms with Crippen LogP contribution in [0.5, 0.6) is 17.2 Å². The summed E-state index contributed by atoms with van der Waals surface area (Å²) in [5.74, 6) is -0.672. The van der Waals surface area contributed by atoms with Gasteiger partial charge >= 0.3 is 12.5 Å². The molecule has 0 aliphatic heterocycles. The van der Waals surface area contributed by atoms with E-state index in [-0.39, 0.29) is 28.4 Å². The Morgan fingerprint density at radius 1 is 1.06 bits per heavy atom. The van der Waals surface area contributed by atoms with Gasteiger partial charge in [0.1, 0.15) is 13.2 Å². The number of ether oxygens (including phenoxy) is 4. The van der Waals surface area contributed by atoms with Gasteiger partial charge in [0.15, 0.2) is 17.3 Å². The number of para-hydroxylation sites is 2. The second-order valence-electron chi connectivity index (χ2n) is 6.42. The molecule has 1 aromatic heterocycles. The predicted molar refractivity (Wildman–Crippen MR) is 109 cm³/mol. The third-order valence-corrected chi connectivity index (χ3v) is 4.55. The molecule has 3 rings (SSSR count). The quantitative estimate of drug-likeness (QED) is 0.501. The molecule has 11 heteroatoms. The molecule has 32 heavy (non-hydrogen) atoms. The summed E-state index contributed by atoms with van der Waals surface area (Å²) in [7, 11) is 4.24. The van der Waals surface area contributed by atoms with E-state index in [0.717, 1.165) is 0 Å². The lowest BCUT2D eigenvalue weighted by Gasteiger charge is -2.14. The monoisotopic (exact) mass is 449 g/mol. The Hall–Kier alpha value is -3.89. The summed E-state index contributed by atoms with van der Waals surface area (Å²) in [6, 6.07) is 9.20. The van der Waals surface area contributed by atoms with Gasteiger partial charge in [0.25, 0.3) is 5.91 Å². The number of nitrogens with one attached hydrogen (secondary N) is 1. The normalized spacial score (nSPS) is 10.8. The largest absolute Gasteiger partial charge is 0.493 e. The first-order valence-electron chi connectivity index (χ1n) is 9.37. The second-order valence-corrected chi connectivity index (χ2v) is 6.42. The fourth-order valence-corrected chi connectivity index (χ4v) is 3.08. The van der Waals surface area contributed by atoms with Gasteiger partial charge in [0.05, 0.1) is 32.4 Å². The van der Waals surface area contributed by atoms with Crippen molar-refractivity contribution in [1.82, 2.24) is 14.9 Å². The van der Waals surface area contributed by atoms with Crippen LogP contribution < -0.4 is 19.5 Å². The Balaban J connectivity index is 1.64. The molecule has 0 spiro atoms. The van der Waals surface area contributed by atoms with Crippen LogP contribution in [0.3, 0.4) is 0 Å². The maximum atomic E-state index is 13.4. The maximum Gasteiger partial charge on any atom is 0.325 e. The van der Waals surface area contributed by atoms with Gasteiger partial charge in [-0.25, -0.2) is 4.98 Å². The number of hydrogen-bond acceptors (Lipinski definition) is 7. The number of hydrogen-bond donors (Lipinski definition) is 1. The number of aromatic nitrogens is 2. The number of benzene rings is 2. The lowest BCUT2D eigenvalue weighted by atomic mass is 10.1. The van der Waals surface area contributed by atoms with Crippen molar-refractivity contribution in [3.63, 3.8) is 0 Å². The highest BCUT2D eigenvalue weighted by molar-refractivity contribution is 5.97. The fraction of sp³-hybridized carbons (Fsp3) is 0.286. The summed E-state index contributed by atoms with van der Waals surface area (Å²) in [5, 5.41) is 2.40. The summed E-state index contributed by atoms with van der Waals surface area (Å²) in [6.07, 6.45) is 0. The van der Waals surface area contributed by atoms with Crippen molar-refractivity contribution in [2.24, 2.45) is 0 Å². The summed E-state index contributed by atoms with van der Waals surface area (Å²) in [5.41, 5.74) is 0.741. The van der Waals surface area contributed by atoms with Crippen LogP contribution in [-0.2, 0) is 16.1 Å². The molecular weight excluding hydrogens is 428 g/mol. The van der Waals surface area contributed by atoms with Crippen LogP contribution in [-0.4, -0.2) is 49.3 Å². The number of alkyl halides is 2. The lowest BCUT2D eigenvalue weighted by Crippen LogP contribution is -2.30. The van der Waals surface area contributed by atoms with E-state index < -0.39 is 31.6 Å². The molecule has 0 aliphatic carbocycles. The van der Waals surface area contributed by atoms with E-state index in [4.69, 9.17) is 18.9 Å². The number of nitrogens with zero attached hydrogens (tertiary/aromatic N) is 2. The molecule has 0 saturated heterocycles. The van der Waals surface area contributed by atoms with Gasteiger partial charge in [-0.15, -0.1) is 0 Å². The highest BCUT2D eigenvalue weighted by atomic mass is 19.3. The highest BCUT2D eigenvalue weighted by Crippen LogP contribution is 2.38. The van der Waals surface area contributed by atoms with Gasteiger partial charge in [0, 0.05) is 5.56 Å². The first kappa shape index (κ1) is 22.8. The first-order chi connectivity index (χ1) is 15.4. The third kappa shape index (κ3) is 4.71. The molecule has 0 unspecified atom stereocenters. The van der Waals surface area contributed by atoms with Gasteiger partial charge in [0.2, 0.25) is 5.75 Å². The summed E-state index contributed by atoms with van der Waals surface area (Å²) in [6.45, 7) is -3.81. The molecule has 1 heterocycles. The Kier molecular flexibility index (Phi) is 7.08. The van der Waals surface area contributed by atoms with Crippen LogP contribution in [0.25, 0.3) is 11.0 Å². The standard InChI is InChI=1S/C21H21F2N3O6/c1-29-15-8-12(9-16(30-2)19(15)31-3)20(28)24-10-18(27)32-11-17-25-13-6-4-5-7-14(13)26(17)21(22)23/h4-9,21H,10-11H2,1-3H3,(H,24,28).